The SMILES string of the molecule is COc1ccc2c(C)c(CCC(=O)NC(CCSC)C(=O)O)c(=O)oc2c1. The summed E-state index contributed by atoms with van der Waals surface area (Å²) in [5.74, 6) is -0.249. The molecule has 2 N–H and O–H groups in total. The molecule has 1 atom stereocenters. The van der Waals surface area contributed by atoms with Crippen molar-refractivity contribution in [1.82, 2.24) is 5.32 Å². The van der Waals surface area contributed by atoms with Gasteiger partial charge in [0.25, 0.3) is 0 Å². The molecule has 2 rings (SSSR count). The Hall–Kier alpha value is -2.48. The number of carbonyl (C=O) groups excluding carboxylic acids is 1. The Labute approximate surface area is 161 Å². The van der Waals surface area contributed by atoms with Crippen LogP contribution in [0.5, 0.6) is 5.75 Å². The number of nitrogens with one attached hydrogen (secondary N) is 1. The number of carboxylic acid groups (broad SMARTS) is 1. The van der Waals surface area contributed by atoms with Crippen LogP contribution < -0.4 is 15.7 Å². The molecule has 8 heteroatoms. The van der Waals surface area contributed by atoms with Gasteiger partial charge in [0.05, 0.1) is 7.11 Å². The first-order chi connectivity index (χ1) is 12.9. The maximum absolute atomic E-state index is 12.3. The van der Waals surface area contributed by atoms with Gasteiger partial charge < -0.3 is 19.6 Å². The quantitative estimate of drug-likeness (QED) is 0.630. The molecule has 1 amide bonds. The largest absolute Gasteiger partial charge is 0.497 e. The lowest BCUT2D eigenvalue weighted by atomic mass is 10.0. The number of thioether (sulfide) groups is 1. The summed E-state index contributed by atoms with van der Waals surface area (Å²) in [6, 6.07) is 4.30. The van der Waals surface area contributed by atoms with E-state index in [2.05, 4.69) is 5.32 Å². The molecule has 146 valence electrons. The van der Waals surface area contributed by atoms with Crippen molar-refractivity contribution >= 4 is 34.6 Å². The lowest BCUT2D eigenvalue weighted by Gasteiger charge is -2.14. The van der Waals surface area contributed by atoms with Crippen molar-refractivity contribution in [3.05, 3.63) is 39.7 Å². The highest BCUT2D eigenvalue weighted by molar-refractivity contribution is 7.98. The first kappa shape index (κ1) is 20.8. The summed E-state index contributed by atoms with van der Waals surface area (Å²) < 4.78 is 10.5. The minimum Gasteiger partial charge on any atom is -0.497 e. The van der Waals surface area contributed by atoms with Crippen LogP contribution in [0.2, 0.25) is 0 Å². The van der Waals surface area contributed by atoms with E-state index in [9.17, 15) is 19.5 Å². The molecule has 2 aromatic rings. The lowest BCUT2D eigenvalue weighted by Crippen LogP contribution is -2.41. The highest BCUT2D eigenvalue weighted by Crippen LogP contribution is 2.24. The molecule has 0 saturated carbocycles. The van der Waals surface area contributed by atoms with E-state index < -0.39 is 23.5 Å². The summed E-state index contributed by atoms with van der Waals surface area (Å²) in [6.45, 7) is 1.80. The molecule has 1 heterocycles. The Morgan fingerprint density at radius 1 is 1.37 bits per heavy atom. The maximum Gasteiger partial charge on any atom is 0.339 e. The Morgan fingerprint density at radius 2 is 2.11 bits per heavy atom. The fourth-order valence-corrected chi connectivity index (χ4v) is 3.26. The van der Waals surface area contributed by atoms with Crippen molar-refractivity contribution < 1.29 is 23.8 Å². The average Bonchev–Trinajstić information content (AvgIpc) is 2.64. The van der Waals surface area contributed by atoms with Gasteiger partial charge in [0.2, 0.25) is 5.91 Å². The van der Waals surface area contributed by atoms with E-state index in [1.807, 2.05) is 6.26 Å². The normalized spacial score (nSPS) is 12.0. The second-order valence-electron chi connectivity index (χ2n) is 6.09. The van der Waals surface area contributed by atoms with Crippen LogP contribution in [0.3, 0.4) is 0 Å². The van der Waals surface area contributed by atoms with E-state index in [4.69, 9.17) is 9.15 Å². The molecule has 0 saturated heterocycles. The number of carboxylic acids is 1. The van der Waals surface area contributed by atoms with E-state index in [0.717, 1.165) is 10.9 Å². The molecule has 0 bridgehead atoms. The zero-order valence-electron chi connectivity index (χ0n) is 15.5. The molecule has 1 unspecified atom stereocenters. The van der Waals surface area contributed by atoms with Crippen molar-refractivity contribution in [2.24, 2.45) is 0 Å². The molecule has 0 aliphatic carbocycles. The second kappa shape index (κ2) is 9.45. The number of hydrogen-bond donors (Lipinski definition) is 2. The number of carbonyl (C=O) groups is 2. The van der Waals surface area contributed by atoms with Gasteiger partial charge in [0.15, 0.2) is 0 Å². The highest BCUT2D eigenvalue weighted by atomic mass is 32.2. The second-order valence-corrected chi connectivity index (χ2v) is 7.08. The number of methoxy groups -OCH3 is 1. The summed E-state index contributed by atoms with van der Waals surface area (Å²) in [4.78, 5) is 35.7. The van der Waals surface area contributed by atoms with Gasteiger partial charge >= 0.3 is 11.6 Å². The van der Waals surface area contributed by atoms with Crippen molar-refractivity contribution in [1.29, 1.82) is 0 Å². The third-order valence-electron chi connectivity index (χ3n) is 4.34. The van der Waals surface area contributed by atoms with E-state index in [1.165, 1.54) is 18.9 Å². The van der Waals surface area contributed by atoms with E-state index in [1.54, 1.807) is 25.1 Å². The Kier molecular flexibility index (Phi) is 7.29. The predicted octanol–water partition coefficient (Wildman–Crippen LogP) is 2.37. The highest BCUT2D eigenvalue weighted by Gasteiger charge is 2.20. The van der Waals surface area contributed by atoms with Crippen LogP contribution in [-0.4, -0.2) is 42.1 Å². The van der Waals surface area contributed by atoms with E-state index >= 15 is 0 Å². The summed E-state index contributed by atoms with van der Waals surface area (Å²) >= 11 is 1.51. The summed E-state index contributed by atoms with van der Waals surface area (Å²) in [6.07, 6.45) is 2.41. The first-order valence-corrected chi connectivity index (χ1v) is 9.88. The minimum absolute atomic E-state index is 0.0102. The number of aliphatic carboxylic acids is 1. The van der Waals surface area contributed by atoms with Crippen LogP contribution in [0, 0.1) is 6.92 Å². The summed E-state index contributed by atoms with van der Waals surface area (Å²) in [5, 5.41) is 12.5. The number of rotatable bonds is 9. The molecule has 1 aromatic heterocycles. The van der Waals surface area contributed by atoms with Crippen molar-refractivity contribution in [3.63, 3.8) is 0 Å². The number of aryl methyl sites for hydroxylation is 1. The fraction of sp³-hybridized carbons (Fsp3) is 0.421. The molecule has 0 spiro atoms. The van der Waals surface area contributed by atoms with Crippen LogP contribution in [-0.2, 0) is 16.0 Å². The van der Waals surface area contributed by atoms with Gasteiger partial charge in [-0.3, -0.25) is 4.79 Å². The van der Waals surface area contributed by atoms with Gasteiger partial charge in [-0.2, -0.15) is 11.8 Å². The van der Waals surface area contributed by atoms with E-state index in [0.29, 0.717) is 29.1 Å². The number of fused-ring (bicyclic) bond motifs is 1. The predicted molar refractivity (Wildman–Crippen MR) is 105 cm³/mol. The first-order valence-electron chi connectivity index (χ1n) is 8.48. The van der Waals surface area contributed by atoms with Gasteiger partial charge in [-0.25, -0.2) is 9.59 Å². The van der Waals surface area contributed by atoms with E-state index in [-0.39, 0.29) is 12.8 Å². The monoisotopic (exact) mass is 393 g/mol. The van der Waals surface area contributed by atoms with Crippen LogP contribution in [0.25, 0.3) is 11.0 Å². The van der Waals surface area contributed by atoms with Gasteiger partial charge in [0.1, 0.15) is 17.4 Å². The lowest BCUT2D eigenvalue weighted by molar-refractivity contribution is -0.141. The standard InChI is InChI=1S/C19H23NO6S/c1-11-13-5-4-12(25-2)10-16(13)26-19(24)14(11)6-7-17(21)20-15(18(22)23)8-9-27-3/h4-5,10,15H,6-9H2,1-3H3,(H,20,21)(H,22,23). The summed E-state index contributed by atoms with van der Waals surface area (Å²) in [5.41, 5.74) is 1.08. The van der Waals surface area contributed by atoms with Crippen LogP contribution in [0.1, 0.15) is 24.0 Å². The number of hydrogen-bond acceptors (Lipinski definition) is 6. The molecule has 0 aliphatic rings. The van der Waals surface area contributed by atoms with Gasteiger partial charge in [0, 0.05) is 23.4 Å². The smallest absolute Gasteiger partial charge is 0.339 e. The number of benzene rings is 1. The topological polar surface area (TPSA) is 106 Å². The Bertz CT molecular complexity index is 892. The minimum atomic E-state index is -1.06. The van der Waals surface area contributed by atoms with Crippen LogP contribution in [0.4, 0.5) is 0 Å². The molecule has 1 aromatic carbocycles. The molecule has 0 aliphatic heterocycles. The van der Waals surface area contributed by atoms with Gasteiger partial charge in [-0.15, -0.1) is 0 Å². The van der Waals surface area contributed by atoms with Crippen LogP contribution >= 0.6 is 11.8 Å². The Morgan fingerprint density at radius 3 is 2.74 bits per heavy atom. The molecule has 7 nitrogen and oxygen atoms in total. The van der Waals surface area contributed by atoms with Crippen molar-refractivity contribution in [2.75, 3.05) is 19.1 Å². The van der Waals surface area contributed by atoms with Crippen molar-refractivity contribution in [3.8, 4) is 5.75 Å². The number of ether oxygens (including phenoxy) is 1. The fourth-order valence-electron chi connectivity index (χ4n) is 2.79. The van der Waals surface area contributed by atoms with Gasteiger partial charge in [-0.1, -0.05) is 0 Å². The summed E-state index contributed by atoms with van der Waals surface area (Å²) in [7, 11) is 1.53. The molecule has 0 radical (unpaired) electrons. The average molecular weight is 393 g/mol. The maximum atomic E-state index is 12.3. The molecule has 27 heavy (non-hydrogen) atoms. The van der Waals surface area contributed by atoms with Gasteiger partial charge in [-0.05, 0) is 49.5 Å². The molecular weight excluding hydrogens is 370 g/mol. The van der Waals surface area contributed by atoms with Crippen LogP contribution in [0.15, 0.2) is 27.4 Å². The van der Waals surface area contributed by atoms with Crippen molar-refractivity contribution in [2.45, 2.75) is 32.2 Å². The zero-order valence-corrected chi connectivity index (χ0v) is 16.4. The third-order valence-corrected chi connectivity index (χ3v) is 4.98. The zero-order chi connectivity index (χ0) is 20.0. The molecular formula is C19H23NO6S. The molecule has 0 fully saturated rings. The Balaban J connectivity index is 2.13. The number of amides is 1. The third kappa shape index (κ3) is 5.26.